The zero-order chi connectivity index (χ0) is 13.2. The first-order valence-electron chi connectivity index (χ1n) is 5.93. The molecule has 0 fully saturated rings. The van der Waals surface area contributed by atoms with Crippen LogP contribution in [0.4, 0.5) is 0 Å². The first-order valence-corrected chi connectivity index (χ1v) is 5.93. The molecule has 0 unspecified atom stereocenters. The average Bonchev–Trinajstić information content (AvgIpc) is 2.40. The third kappa shape index (κ3) is 5.54. The number of benzene rings is 1. The molecule has 0 aromatic heterocycles. The Morgan fingerprint density at radius 3 is 2.50 bits per heavy atom. The van der Waals surface area contributed by atoms with E-state index in [1.165, 1.54) is 0 Å². The van der Waals surface area contributed by atoms with Crippen LogP contribution in [0.1, 0.15) is 18.4 Å². The number of nitrogens with two attached hydrogens (primary N) is 1. The molecule has 0 aliphatic rings. The van der Waals surface area contributed by atoms with E-state index in [9.17, 15) is 0 Å². The van der Waals surface area contributed by atoms with E-state index in [1.54, 1.807) is 7.11 Å². The average molecular weight is 252 g/mol. The predicted molar refractivity (Wildman–Crippen MR) is 70.2 cm³/mol. The number of hydrogen-bond donors (Lipinski definition) is 2. The van der Waals surface area contributed by atoms with Crippen LogP contribution in [-0.4, -0.2) is 31.4 Å². The Bertz CT molecular complexity index is 363. The zero-order valence-corrected chi connectivity index (χ0v) is 10.6. The van der Waals surface area contributed by atoms with Crippen LogP contribution in [0.5, 0.6) is 5.75 Å². The van der Waals surface area contributed by atoms with E-state index in [4.69, 9.17) is 20.4 Å². The minimum Gasteiger partial charge on any atom is -0.494 e. The summed E-state index contributed by atoms with van der Waals surface area (Å²) in [5, 5.41) is 11.4. The summed E-state index contributed by atoms with van der Waals surface area (Å²) in [7, 11) is 1.70. The van der Waals surface area contributed by atoms with Gasteiger partial charge in [0.05, 0.1) is 6.61 Å². The molecule has 0 bridgehead atoms. The van der Waals surface area contributed by atoms with Crippen molar-refractivity contribution in [2.75, 3.05) is 20.3 Å². The van der Waals surface area contributed by atoms with Gasteiger partial charge in [0.2, 0.25) is 0 Å². The standard InChI is InChI=1S/C13H20N2O3/c1-17-8-2-3-9-18-12-6-4-11(5-7-12)10-13(14)15-16/h4-7,16H,2-3,8-10H2,1H3,(H2,14,15). The Morgan fingerprint density at radius 1 is 1.22 bits per heavy atom. The molecule has 100 valence electrons. The minimum absolute atomic E-state index is 0.197. The SMILES string of the molecule is COCCCCOc1ccc(C/C(N)=N/O)cc1. The Balaban J connectivity index is 2.31. The normalized spacial score (nSPS) is 11.5. The van der Waals surface area contributed by atoms with Gasteiger partial charge in [-0.25, -0.2) is 0 Å². The highest BCUT2D eigenvalue weighted by atomic mass is 16.5. The summed E-state index contributed by atoms with van der Waals surface area (Å²) in [6.07, 6.45) is 2.41. The Kier molecular flexibility index (Phi) is 6.64. The van der Waals surface area contributed by atoms with Crippen molar-refractivity contribution in [2.24, 2.45) is 10.9 Å². The molecule has 5 heteroatoms. The van der Waals surface area contributed by atoms with Crippen LogP contribution in [0.25, 0.3) is 0 Å². The highest BCUT2D eigenvalue weighted by Gasteiger charge is 1.99. The lowest BCUT2D eigenvalue weighted by Crippen LogP contribution is -2.14. The molecule has 0 saturated heterocycles. The van der Waals surface area contributed by atoms with Crippen molar-refractivity contribution in [3.05, 3.63) is 29.8 Å². The third-order valence-corrected chi connectivity index (χ3v) is 2.45. The molecule has 0 amide bonds. The molecule has 0 aliphatic carbocycles. The second kappa shape index (κ2) is 8.36. The number of unbranched alkanes of at least 4 members (excludes halogenated alkanes) is 1. The van der Waals surface area contributed by atoms with Gasteiger partial charge < -0.3 is 20.4 Å². The van der Waals surface area contributed by atoms with Crippen LogP contribution in [0.2, 0.25) is 0 Å². The minimum atomic E-state index is 0.197. The van der Waals surface area contributed by atoms with Crippen molar-refractivity contribution in [2.45, 2.75) is 19.3 Å². The lowest BCUT2D eigenvalue weighted by atomic mass is 10.1. The fourth-order valence-electron chi connectivity index (χ4n) is 1.49. The second-order valence-electron chi connectivity index (χ2n) is 3.96. The second-order valence-corrected chi connectivity index (χ2v) is 3.96. The maximum absolute atomic E-state index is 8.47. The highest BCUT2D eigenvalue weighted by molar-refractivity contribution is 5.81. The van der Waals surface area contributed by atoms with Crippen LogP contribution >= 0.6 is 0 Å². The van der Waals surface area contributed by atoms with Crippen molar-refractivity contribution in [1.29, 1.82) is 0 Å². The predicted octanol–water partition coefficient (Wildman–Crippen LogP) is 1.78. The van der Waals surface area contributed by atoms with Crippen LogP contribution in [-0.2, 0) is 11.2 Å². The lowest BCUT2D eigenvalue weighted by molar-refractivity contribution is 0.184. The van der Waals surface area contributed by atoms with E-state index < -0.39 is 0 Å². The smallest absolute Gasteiger partial charge is 0.143 e. The van der Waals surface area contributed by atoms with Crippen molar-refractivity contribution >= 4 is 5.84 Å². The van der Waals surface area contributed by atoms with Gasteiger partial charge in [-0.3, -0.25) is 0 Å². The van der Waals surface area contributed by atoms with Crippen molar-refractivity contribution < 1.29 is 14.7 Å². The van der Waals surface area contributed by atoms with Gasteiger partial charge in [-0.05, 0) is 30.5 Å². The maximum atomic E-state index is 8.47. The molecule has 1 rings (SSSR count). The number of nitrogens with zero attached hydrogens (tertiary/aromatic N) is 1. The Labute approximate surface area is 107 Å². The molecule has 5 nitrogen and oxygen atoms in total. The molecular formula is C13H20N2O3. The number of amidine groups is 1. The van der Waals surface area contributed by atoms with Crippen LogP contribution < -0.4 is 10.5 Å². The largest absolute Gasteiger partial charge is 0.494 e. The Morgan fingerprint density at radius 2 is 1.89 bits per heavy atom. The maximum Gasteiger partial charge on any atom is 0.143 e. The van der Waals surface area contributed by atoms with Crippen molar-refractivity contribution in [3.63, 3.8) is 0 Å². The van der Waals surface area contributed by atoms with Gasteiger partial charge in [0.15, 0.2) is 0 Å². The molecule has 0 saturated carbocycles. The van der Waals surface area contributed by atoms with E-state index in [0.29, 0.717) is 13.0 Å². The molecule has 0 aliphatic heterocycles. The number of rotatable bonds is 8. The first kappa shape index (κ1) is 14.3. The van der Waals surface area contributed by atoms with E-state index >= 15 is 0 Å². The topological polar surface area (TPSA) is 77.1 Å². The molecule has 0 radical (unpaired) electrons. The summed E-state index contributed by atoms with van der Waals surface area (Å²) in [6.45, 7) is 1.45. The Hall–Kier alpha value is -1.75. The number of ether oxygens (including phenoxy) is 2. The summed E-state index contributed by atoms with van der Waals surface area (Å²) in [5.41, 5.74) is 6.41. The molecule has 18 heavy (non-hydrogen) atoms. The summed E-state index contributed by atoms with van der Waals surface area (Å²) in [4.78, 5) is 0. The van der Waals surface area contributed by atoms with Gasteiger partial charge in [-0.1, -0.05) is 17.3 Å². The van der Waals surface area contributed by atoms with Crippen LogP contribution in [0, 0.1) is 0 Å². The van der Waals surface area contributed by atoms with Gasteiger partial charge in [-0.15, -0.1) is 0 Å². The summed E-state index contributed by atoms with van der Waals surface area (Å²) in [6, 6.07) is 7.58. The molecule has 0 spiro atoms. The number of oxime groups is 1. The molecule has 3 N–H and O–H groups in total. The highest BCUT2D eigenvalue weighted by Crippen LogP contribution is 2.13. The van der Waals surface area contributed by atoms with Gasteiger partial charge in [0, 0.05) is 20.1 Å². The lowest BCUT2D eigenvalue weighted by Gasteiger charge is -2.07. The van der Waals surface area contributed by atoms with E-state index in [0.717, 1.165) is 30.8 Å². The van der Waals surface area contributed by atoms with Gasteiger partial charge in [-0.2, -0.15) is 0 Å². The van der Waals surface area contributed by atoms with Crippen LogP contribution in [0.15, 0.2) is 29.4 Å². The number of methoxy groups -OCH3 is 1. The van der Waals surface area contributed by atoms with E-state index in [1.807, 2.05) is 24.3 Å². The van der Waals surface area contributed by atoms with Crippen molar-refractivity contribution in [3.8, 4) is 5.75 Å². The third-order valence-electron chi connectivity index (χ3n) is 2.45. The van der Waals surface area contributed by atoms with Gasteiger partial charge in [0.1, 0.15) is 11.6 Å². The monoisotopic (exact) mass is 252 g/mol. The van der Waals surface area contributed by atoms with E-state index in [-0.39, 0.29) is 5.84 Å². The van der Waals surface area contributed by atoms with Crippen LogP contribution in [0.3, 0.4) is 0 Å². The molecule has 1 aromatic carbocycles. The zero-order valence-electron chi connectivity index (χ0n) is 10.6. The molecule has 0 heterocycles. The van der Waals surface area contributed by atoms with Gasteiger partial charge in [0.25, 0.3) is 0 Å². The molecular weight excluding hydrogens is 232 g/mol. The fourth-order valence-corrected chi connectivity index (χ4v) is 1.49. The fraction of sp³-hybridized carbons (Fsp3) is 0.462. The number of hydrogen-bond acceptors (Lipinski definition) is 4. The van der Waals surface area contributed by atoms with E-state index in [2.05, 4.69) is 5.16 Å². The molecule has 1 aromatic rings. The van der Waals surface area contributed by atoms with Gasteiger partial charge >= 0.3 is 0 Å². The van der Waals surface area contributed by atoms with Crippen molar-refractivity contribution in [1.82, 2.24) is 0 Å². The first-order chi connectivity index (χ1) is 8.76. The molecule has 0 atom stereocenters. The summed E-state index contributed by atoms with van der Waals surface area (Å²) in [5.74, 6) is 1.03. The summed E-state index contributed by atoms with van der Waals surface area (Å²) >= 11 is 0. The quantitative estimate of drug-likeness (QED) is 0.243. The summed E-state index contributed by atoms with van der Waals surface area (Å²) < 4.78 is 10.5.